The minimum Gasteiger partial charge on any atom is -0.386 e. The number of hydrogen-bond donors (Lipinski definition) is 1. The zero-order chi connectivity index (χ0) is 16.8. The van der Waals surface area contributed by atoms with Crippen LogP contribution in [0.15, 0.2) is 35.5 Å². The van der Waals surface area contributed by atoms with Gasteiger partial charge in [-0.1, -0.05) is 43.2 Å². The van der Waals surface area contributed by atoms with Crippen LogP contribution in [0.3, 0.4) is 0 Å². The Morgan fingerprint density at radius 2 is 1.95 bits per heavy atom. The van der Waals surface area contributed by atoms with Crippen LogP contribution in [0, 0.1) is 11.8 Å². The van der Waals surface area contributed by atoms with E-state index in [9.17, 15) is 9.90 Å². The molecule has 0 bridgehead atoms. The molecule has 0 fully saturated rings. The fraction of sp³-hybridized carbons (Fsp3) is 0.650. The smallest absolute Gasteiger partial charge is 0.159 e. The zero-order valence-corrected chi connectivity index (χ0v) is 14.9. The van der Waals surface area contributed by atoms with Gasteiger partial charge in [-0.2, -0.15) is 0 Å². The van der Waals surface area contributed by atoms with E-state index < -0.39 is 5.60 Å². The highest BCUT2D eigenvalue weighted by Crippen LogP contribution is 2.24. The van der Waals surface area contributed by atoms with Gasteiger partial charge in [0.1, 0.15) is 0 Å². The van der Waals surface area contributed by atoms with E-state index in [0.717, 1.165) is 30.4 Å². The molecule has 0 spiro atoms. The summed E-state index contributed by atoms with van der Waals surface area (Å²) in [5, 5.41) is 10.5. The quantitative estimate of drug-likeness (QED) is 0.693. The molecule has 0 heterocycles. The monoisotopic (exact) mass is 304 g/mol. The summed E-state index contributed by atoms with van der Waals surface area (Å²) in [6.07, 6.45) is 12.0. The number of aliphatic hydroxyl groups is 1. The van der Waals surface area contributed by atoms with Crippen LogP contribution in [0.4, 0.5) is 0 Å². The van der Waals surface area contributed by atoms with Crippen molar-refractivity contribution < 1.29 is 9.90 Å². The van der Waals surface area contributed by atoms with E-state index in [4.69, 9.17) is 0 Å². The SMILES string of the molecule is C/C1=C/CC[C@@](C)(O)/C=C/[C@H](C(C)C)CC/C(C)=C/C(=O)C1. The van der Waals surface area contributed by atoms with E-state index in [1.54, 1.807) is 6.08 Å². The molecular weight excluding hydrogens is 272 g/mol. The predicted molar refractivity (Wildman–Crippen MR) is 93.7 cm³/mol. The summed E-state index contributed by atoms with van der Waals surface area (Å²) in [4.78, 5) is 12.0. The van der Waals surface area contributed by atoms with Crippen molar-refractivity contribution >= 4 is 5.78 Å². The Labute approximate surface area is 136 Å². The average molecular weight is 304 g/mol. The van der Waals surface area contributed by atoms with Gasteiger partial charge < -0.3 is 5.11 Å². The first-order valence-electron chi connectivity index (χ1n) is 8.47. The first kappa shape index (κ1) is 18.9. The number of carbonyl (C=O) groups excluding carboxylic acids is 1. The van der Waals surface area contributed by atoms with Crippen LogP contribution in [0.2, 0.25) is 0 Å². The number of carbonyl (C=O) groups is 1. The summed E-state index contributed by atoms with van der Waals surface area (Å²) in [7, 11) is 0. The maximum absolute atomic E-state index is 12.0. The lowest BCUT2D eigenvalue weighted by Crippen LogP contribution is -2.21. The van der Waals surface area contributed by atoms with E-state index in [2.05, 4.69) is 26.0 Å². The van der Waals surface area contributed by atoms with Crippen LogP contribution in [0.1, 0.15) is 66.7 Å². The lowest BCUT2D eigenvalue weighted by molar-refractivity contribution is -0.114. The lowest BCUT2D eigenvalue weighted by Gasteiger charge is -2.22. The summed E-state index contributed by atoms with van der Waals surface area (Å²) in [5.74, 6) is 1.16. The van der Waals surface area contributed by atoms with Gasteiger partial charge in [0.2, 0.25) is 0 Å². The zero-order valence-electron chi connectivity index (χ0n) is 14.9. The molecule has 124 valence electrons. The molecule has 0 saturated carbocycles. The van der Waals surface area contributed by atoms with Crippen molar-refractivity contribution in [1.29, 1.82) is 0 Å². The average Bonchev–Trinajstić information content (AvgIpc) is 2.36. The molecule has 1 rings (SSSR count). The van der Waals surface area contributed by atoms with Crippen molar-refractivity contribution in [2.24, 2.45) is 11.8 Å². The van der Waals surface area contributed by atoms with Crippen molar-refractivity contribution in [1.82, 2.24) is 0 Å². The van der Waals surface area contributed by atoms with Crippen LogP contribution >= 0.6 is 0 Å². The second-order valence-electron chi connectivity index (χ2n) is 7.39. The third-order valence-electron chi connectivity index (χ3n) is 4.43. The normalized spacial score (nSPS) is 35.2. The largest absolute Gasteiger partial charge is 0.386 e. The summed E-state index contributed by atoms with van der Waals surface area (Å²) >= 11 is 0. The number of rotatable bonds is 1. The molecule has 2 heteroatoms. The highest BCUT2D eigenvalue weighted by atomic mass is 16.3. The second kappa shape index (κ2) is 8.47. The summed E-state index contributed by atoms with van der Waals surface area (Å²) in [6, 6.07) is 0. The van der Waals surface area contributed by atoms with Gasteiger partial charge in [-0.25, -0.2) is 0 Å². The Bertz CT molecular complexity index is 464. The van der Waals surface area contributed by atoms with Crippen LogP contribution in [-0.4, -0.2) is 16.5 Å². The van der Waals surface area contributed by atoms with Crippen molar-refractivity contribution in [3.63, 3.8) is 0 Å². The summed E-state index contributed by atoms with van der Waals surface area (Å²) in [5.41, 5.74) is 1.47. The van der Waals surface area contributed by atoms with Gasteiger partial charge in [0.05, 0.1) is 5.60 Å². The van der Waals surface area contributed by atoms with Gasteiger partial charge in [0.15, 0.2) is 5.78 Å². The van der Waals surface area contributed by atoms with E-state index in [-0.39, 0.29) is 5.78 Å². The van der Waals surface area contributed by atoms with Gasteiger partial charge in [0, 0.05) is 6.42 Å². The molecule has 0 aromatic heterocycles. The predicted octanol–water partition coefficient (Wildman–Crippen LogP) is 4.99. The van der Waals surface area contributed by atoms with Crippen LogP contribution in [0.25, 0.3) is 0 Å². The molecule has 1 N–H and O–H groups in total. The Morgan fingerprint density at radius 1 is 1.27 bits per heavy atom. The fourth-order valence-corrected chi connectivity index (χ4v) is 2.82. The molecule has 0 aromatic carbocycles. The van der Waals surface area contributed by atoms with Crippen molar-refractivity contribution in [2.45, 2.75) is 72.3 Å². The molecule has 0 unspecified atom stereocenters. The molecule has 0 amide bonds. The third-order valence-corrected chi connectivity index (χ3v) is 4.43. The van der Waals surface area contributed by atoms with Crippen molar-refractivity contribution in [3.05, 3.63) is 35.5 Å². The van der Waals surface area contributed by atoms with E-state index in [0.29, 0.717) is 24.7 Å². The highest BCUT2D eigenvalue weighted by molar-refractivity contribution is 5.91. The molecule has 0 aliphatic heterocycles. The number of allylic oxidation sites excluding steroid dienone is 5. The Hall–Kier alpha value is -1.15. The summed E-state index contributed by atoms with van der Waals surface area (Å²) < 4.78 is 0. The van der Waals surface area contributed by atoms with Gasteiger partial charge in [-0.05, 0) is 64.4 Å². The molecule has 1 aliphatic carbocycles. The minimum atomic E-state index is -0.775. The Morgan fingerprint density at radius 3 is 2.59 bits per heavy atom. The van der Waals surface area contributed by atoms with Crippen molar-refractivity contribution in [2.75, 3.05) is 0 Å². The van der Waals surface area contributed by atoms with Gasteiger partial charge in [-0.3, -0.25) is 4.79 Å². The van der Waals surface area contributed by atoms with Crippen LogP contribution in [0.5, 0.6) is 0 Å². The maximum atomic E-state index is 12.0. The number of ketones is 1. The molecule has 0 aromatic rings. The third kappa shape index (κ3) is 7.22. The topological polar surface area (TPSA) is 37.3 Å². The number of hydrogen-bond acceptors (Lipinski definition) is 2. The first-order chi connectivity index (χ1) is 10.2. The van der Waals surface area contributed by atoms with Gasteiger partial charge >= 0.3 is 0 Å². The molecule has 1 aliphatic rings. The first-order valence-corrected chi connectivity index (χ1v) is 8.47. The van der Waals surface area contributed by atoms with Gasteiger partial charge in [-0.15, -0.1) is 0 Å². The molecular formula is C20H32O2. The highest BCUT2D eigenvalue weighted by Gasteiger charge is 2.18. The van der Waals surface area contributed by atoms with Gasteiger partial charge in [0.25, 0.3) is 0 Å². The van der Waals surface area contributed by atoms with Crippen LogP contribution < -0.4 is 0 Å². The van der Waals surface area contributed by atoms with E-state index in [1.165, 1.54) is 0 Å². The Balaban J connectivity index is 2.98. The van der Waals surface area contributed by atoms with Crippen molar-refractivity contribution in [3.8, 4) is 0 Å². The standard InChI is InChI=1S/C20H32O2/c1-15(2)18-9-8-17(4)14-19(21)13-16(3)7-6-11-20(5,22)12-10-18/h7,10,12,14-15,18,22H,6,8-9,11,13H2,1-5H3/b12-10+,16-7-,17-14+/t18-,20-/m1/s1. The second-order valence-corrected chi connectivity index (χ2v) is 7.39. The van der Waals surface area contributed by atoms with E-state index >= 15 is 0 Å². The lowest BCUT2D eigenvalue weighted by atomic mass is 9.87. The fourth-order valence-electron chi connectivity index (χ4n) is 2.82. The van der Waals surface area contributed by atoms with E-state index in [1.807, 2.05) is 26.8 Å². The van der Waals surface area contributed by atoms with Crippen LogP contribution in [-0.2, 0) is 4.79 Å². The Kier molecular flexibility index (Phi) is 7.28. The molecule has 2 atom stereocenters. The summed E-state index contributed by atoms with van der Waals surface area (Å²) in [6.45, 7) is 10.3. The maximum Gasteiger partial charge on any atom is 0.159 e. The minimum absolute atomic E-state index is 0.187. The molecule has 0 saturated heterocycles. The molecule has 22 heavy (non-hydrogen) atoms. The molecule has 2 nitrogen and oxygen atoms in total. The molecule has 0 radical (unpaired) electrons.